The van der Waals surface area contributed by atoms with Crippen LogP contribution in [0.15, 0.2) is 18.3 Å². The average molecular weight is 279 g/mol. The van der Waals surface area contributed by atoms with E-state index in [4.69, 9.17) is 9.84 Å². The van der Waals surface area contributed by atoms with Gasteiger partial charge in [0, 0.05) is 19.3 Å². The van der Waals surface area contributed by atoms with Crippen molar-refractivity contribution >= 4 is 17.7 Å². The summed E-state index contributed by atoms with van der Waals surface area (Å²) in [6, 6.07) is 2.58. The molecule has 1 unspecified atom stereocenters. The van der Waals surface area contributed by atoms with E-state index in [1.807, 2.05) is 0 Å². The number of amides is 1. The third kappa shape index (κ3) is 3.45. The zero-order valence-electron chi connectivity index (χ0n) is 11.2. The fourth-order valence-corrected chi connectivity index (χ4v) is 1.95. The molecule has 1 aromatic rings. The van der Waals surface area contributed by atoms with E-state index in [1.165, 1.54) is 12.3 Å². The normalized spacial score (nSPS) is 16.6. The number of ether oxygens (including phenoxy) is 1. The average Bonchev–Trinajstić information content (AvgIpc) is 2.48. The Hall–Kier alpha value is -2.15. The van der Waals surface area contributed by atoms with Crippen LogP contribution < -0.4 is 5.32 Å². The Bertz CT molecular complexity index is 483. The standard InChI is InChI=1S/C13H17N3O4/c1-9(12(17)16-4-6-20-7-5-16)15-11-3-2-10(8-14-11)13(18)19/h2-3,8-9H,4-7H2,1H3,(H,14,15)(H,18,19). The van der Waals surface area contributed by atoms with E-state index < -0.39 is 12.0 Å². The van der Waals surface area contributed by atoms with E-state index in [0.717, 1.165) is 0 Å². The van der Waals surface area contributed by atoms with Gasteiger partial charge in [0.2, 0.25) is 5.91 Å². The second kappa shape index (κ2) is 6.33. The minimum atomic E-state index is -1.03. The zero-order valence-corrected chi connectivity index (χ0v) is 11.2. The van der Waals surface area contributed by atoms with Crippen molar-refractivity contribution in [3.05, 3.63) is 23.9 Å². The van der Waals surface area contributed by atoms with Crippen molar-refractivity contribution in [3.63, 3.8) is 0 Å². The van der Waals surface area contributed by atoms with Crippen molar-refractivity contribution < 1.29 is 19.4 Å². The van der Waals surface area contributed by atoms with Gasteiger partial charge in [-0.25, -0.2) is 9.78 Å². The topological polar surface area (TPSA) is 91.8 Å². The number of nitrogens with zero attached hydrogens (tertiary/aromatic N) is 2. The lowest BCUT2D eigenvalue weighted by molar-refractivity contribution is -0.135. The Morgan fingerprint density at radius 1 is 1.40 bits per heavy atom. The molecule has 2 heterocycles. The Kier molecular flexibility index (Phi) is 4.52. The highest BCUT2D eigenvalue weighted by molar-refractivity contribution is 5.87. The van der Waals surface area contributed by atoms with Gasteiger partial charge in [0.1, 0.15) is 11.9 Å². The van der Waals surface area contributed by atoms with Gasteiger partial charge in [0.25, 0.3) is 0 Å². The van der Waals surface area contributed by atoms with Crippen LogP contribution in [0.25, 0.3) is 0 Å². The zero-order chi connectivity index (χ0) is 14.5. The molecule has 0 aliphatic carbocycles. The Labute approximate surface area is 116 Å². The van der Waals surface area contributed by atoms with Gasteiger partial charge in [-0.3, -0.25) is 4.79 Å². The molecule has 1 fully saturated rings. The van der Waals surface area contributed by atoms with Crippen molar-refractivity contribution in [2.75, 3.05) is 31.6 Å². The van der Waals surface area contributed by atoms with Crippen molar-refractivity contribution in [2.24, 2.45) is 0 Å². The minimum absolute atomic E-state index is 0.0163. The van der Waals surface area contributed by atoms with E-state index >= 15 is 0 Å². The molecule has 1 aromatic heterocycles. The second-order valence-electron chi connectivity index (χ2n) is 4.54. The maximum absolute atomic E-state index is 12.2. The number of carbonyl (C=O) groups is 2. The summed E-state index contributed by atoms with van der Waals surface area (Å²) >= 11 is 0. The second-order valence-corrected chi connectivity index (χ2v) is 4.54. The number of carboxylic acids is 1. The van der Waals surface area contributed by atoms with Gasteiger partial charge in [-0.15, -0.1) is 0 Å². The van der Waals surface area contributed by atoms with E-state index in [-0.39, 0.29) is 11.5 Å². The van der Waals surface area contributed by atoms with Gasteiger partial charge < -0.3 is 20.1 Å². The molecule has 108 valence electrons. The molecule has 1 atom stereocenters. The number of aromatic nitrogens is 1. The lowest BCUT2D eigenvalue weighted by atomic mass is 10.2. The van der Waals surface area contributed by atoms with E-state index in [1.54, 1.807) is 17.9 Å². The highest BCUT2D eigenvalue weighted by Crippen LogP contribution is 2.09. The Morgan fingerprint density at radius 3 is 2.65 bits per heavy atom. The monoisotopic (exact) mass is 279 g/mol. The molecule has 2 rings (SSSR count). The predicted molar refractivity (Wildman–Crippen MR) is 71.7 cm³/mol. The van der Waals surface area contributed by atoms with Crippen LogP contribution in [0.5, 0.6) is 0 Å². The first-order chi connectivity index (χ1) is 9.58. The number of morpholine rings is 1. The number of pyridine rings is 1. The van der Waals surface area contributed by atoms with Crippen LogP contribution in [0, 0.1) is 0 Å². The lowest BCUT2D eigenvalue weighted by Crippen LogP contribution is -2.47. The van der Waals surface area contributed by atoms with Crippen LogP contribution in [0.1, 0.15) is 17.3 Å². The van der Waals surface area contributed by atoms with Crippen LogP contribution in [0.3, 0.4) is 0 Å². The molecule has 7 heteroatoms. The fraction of sp³-hybridized carbons (Fsp3) is 0.462. The largest absolute Gasteiger partial charge is 0.478 e. The van der Waals surface area contributed by atoms with Gasteiger partial charge in [-0.2, -0.15) is 0 Å². The van der Waals surface area contributed by atoms with Gasteiger partial charge in [-0.05, 0) is 19.1 Å². The van der Waals surface area contributed by atoms with Gasteiger partial charge in [0.05, 0.1) is 18.8 Å². The lowest BCUT2D eigenvalue weighted by Gasteiger charge is -2.29. The molecule has 0 aromatic carbocycles. The smallest absolute Gasteiger partial charge is 0.337 e. The summed E-state index contributed by atoms with van der Waals surface area (Å²) in [6.45, 7) is 4.06. The first kappa shape index (κ1) is 14.3. The predicted octanol–water partition coefficient (Wildman–Crippen LogP) is 0.439. The molecule has 0 radical (unpaired) electrons. The molecule has 0 bridgehead atoms. The summed E-state index contributed by atoms with van der Waals surface area (Å²) in [5.41, 5.74) is 0.114. The molecule has 20 heavy (non-hydrogen) atoms. The first-order valence-electron chi connectivity index (χ1n) is 6.40. The van der Waals surface area contributed by atoms with Crippen LogP contribution >= 0.6 is 0 Å². The van der Waals surface area contributed by atoms with E-state index in [9.17, 15) is 9.59 Å². The van der Waals surface area contributed by atoms with Gasteiger partial charge in [0.15, 0.2) is 0 Å². The number of rotatable bonds is 4. The quantitative estimate of drug-likeness (QED) is 0.831. The number of anilines is 1. The summed E-state index contributed by atoms with van der Waals surface area (Å²) < 4.78 is 5.20. The first-order valence-corrected chi connectivity index (χ1v) is 6.40. The van der Waals surface area contributed by atoms with Crippen LogP contribution in [0.2, 0.25) is 0 Å². The number of nitrogens with one attached hydrogen (secondary N) is 1. The van der Waals surface area contributed by atoms with Crippen molar-refractivity contribution in [3.8, 4) is 0 Å². The molecule has 1 amide bonds. The van der Waals surface area contributed by atoms with Gasteiger partial charge >= 0.3 is 5.97 Å². The maximum Gasteiger partial charge on any atom is 0.337 e. The van der Waals surface area contributed by atoms with Crippen molar-refractivity contribution in [2.45, 2.75) is 13.0 Å². The maximum atomic E-state index is 12.2. The summed E-state index contributed by atoms with van der Waals surface area (Å²) in [5, 5.41) is 11.8. The van der Waals surface area contributed by atoms with Crippen LogP contribution in [-0.2, 0) is 9.53 Å². The summed E-state index contributed by atoms with van der Waals surface area (Å²) in [5.74, 6) is -0.567. The number of carboxylic acid groups (broad SMARTS) is 1. The summed E-state index contributed by atoms with van der Waals surface area (Å²) in [4.78, 5) is 28.6. The molecule has 2 N–H and O–H groups in total. The molecule has 0 saturated carbocycles. The van der Waals surface area contributed by atoms with E-state index in [0.29, 0.717) is 32.1 Å². The summed E-state index contributed by atoms with van der Waals surface area (Å²) in [7, 11) is 0. The third-order valence-corrected chi connectivity index (χ3v) is 3.07. The fourth-order valence-electron chi connectivity index (χ4n) is 1.95. The summed E-state index contributed by atoms with van der Waals surface area (Å²) in [6.07, 6.45) is 1.26. The van der Waals surface area contributed by atoms with Crippen LogP contribution in [0.4, 0.5) is 5.82 Å². The molecular weight excluding hydrogens is 262 g/mol. The highest BCUT2D eigenvalue weighted by atomic mass is 16.5. The van der Waals surface area contributed by atoms with Gasteiger partial charge in [-0.1, -0.05) is 0 Å². The Balaban J connectivity index is 1.94. The third-order valence-electron chi connectivity index (χ3n) is 3.07. The highest BCUT2D eigenvalue weighted by Gasteiger charge is 2.22. The Morgan fingerprint density at radius 2 is 2.10 bits per heavy atom. The molecular formula is C13H17N3O4. The SMILES string of the molecule is CC(Nc1ccc(C(=O)O)cn1)C(=O)N1CCOCC1. The molecule has 1 aliphatic heterocycles. The molecule has 1 aliphatic rings. The number of hydrogen-bond acceptors (Lipinski definition) is 5. The molecule has 1 saturated heterocycles. The number of carbonyl (C=O) groups excluding carboxylic acids is 1. The minimum Gasteiger partial charge on any atom is -0.478 e. The van der Waals surface area contributed by atoms with E-state index in [2.05, 4.69) is 10.3 Å². The van der Waals surface area contributed by atoms with Crippen LogP contribution in [-0.4, -0.2) is 59.2 Å². The molecule has 7 nitrogen and oxygen atoms in total. The van der Waals surface area contributed by atoms with Crippen molar-refractivity contribution in [1.82, 2.24) is 9.88 Å². The van der Waals surface area contributed by atoms with Crippen molar-refractivity contribution in [1.29, 1.82) is 0 Å². The number of hydrogen-bond donors (Lipinski definition) is 2. The molecule has 0 spiro atoms. The number of aromatic carboxylic acids is 1.